The van der Waals surface area contributed by atoms with Gasteiger partial charge >= 0.3 is 5.69 Å². The SMILES string of the molecule is CCCC1(COC)CCCN1c1ncccc1[N+](=O)[O-]. The van der Waals surface area contributed by atoms with E-state index in [-0.39, 0.29) is 16.1 Å². The molecule has 0 amide bonds. The van der Waals surface area contributed by atoms with E-state index in [0.717, 1.165) is 32.2 Å². The van der Waals surface area contributed by atoms with Crippen molar-refractivity contribution in [2.24, 2.45) is 0 Å². The second kappa shape index (κ2) is 6.17. The molecule has 0 N–H and O–H groups in total. The standard InChI is InChI=1S/C14H21N3O3/c1-3-7-14(11-20-2)8-5-10-16(14)13-12(17(18)19)6-4-9-15-13/h4,6,9H,3,5,7-8,10-11H2,1-2H3. The summed E-state index contributed by atoms with van der Waals surface area (Å²) in [6, 6.07) is 3.12. The molecule has 1 aliphatic rings. The number of pyridine rings is 1. The predicted octanol–water partition coefficient (Wildman–Crippen LogP) is 2.78. The molecular formula is C14H21N3O3. The van der Waals surface area contributed by atoms with Gasteiger partial charge in [0, 0.05) is 25.9 Å². The summed E-state index contributed by atoms with van der Waals surface area (Å²) in [6.07, 6.45) is 5.58. The summed E-state index contributed by atoms with van der Waals surface area (Å²) < 4.78 is 5.39. The number of aromatic nitrogens is 1. The van der Waals surface area contributed by atoms with E-state index in [2.05, 4.69) is 16.8 Å². The van der Waals surface area contributed by atoms with Crippen molar-refractivity contribution >= 4 is 11.5 Å². The number of anilines is 1. The van der Waals surface area contributed by atoms with Gasteiger partial charge in [-0.05, 0) is 25.3 Å². The van der Waals surface area contributed by atoms with Gasteiger partial charge in [-0.2, -0.15) is 0 Å². The fourth-order valence-corrected chi connectivity index (χ4v) is 3.22. The third-order valence-corrected chi connectivity index (χ3v) is 3.94. The lowest BCUT2D eigenvalue weighted by Crippen LogP contribution is -2.48. The van der Waals surface area contributed by atoms with Gasteiger partial charge in [-0.25, -0.2) is 4.98 Å². The summed E-state index contributed by atoms with van der Waals surface area (Å²) in [6.45, 7) is 3.50. The number of nitro groups is 1. The highest BCUT2D eigenvalue weighted by molar-refractivity contribution is 5.59. The number of methoxy groups -OCH3 is 1. The average Bonchev–Trinajstić information content (AvgIpc) is 2.83. The maximum Gasteiger partial charge on any atom is 0.311 e. The zero-order valence-corrected chi connectivity index (χ0v) is 12.0. The van der Waals surface area contributed by atoms with Crippen molar-refractivity contribution in [3.8, 4) is 0 Å². The highest BCUT2D eigenvalue weighted by Gasteiger charge is 2.43. The number of ether oxygens (including phenoxy) is 1. The normalized spacial score (nSPS) is 22.2. The molecule has 20 heavy (non-hydrogen) atoms. The molecule has 1 unspecified atom stereocenters. The van der Waals surface area contributed by atoms with Crippen LogP contribution in [-0.2, 0) is 4.74 Å². The molecule has 1 aromatic rings. The molecule has 0 radical (unpaired) electrons. The summed E-state index contributed by atoms with van der Waals surface area (Å²) in [4.78, 5) is 17.2. The summed E-state index contributed by atoms with van der Waals surface area (Å²) in [7, 11) is 1.68. The Morgan fingerprint density at radius 1 is 1.60 bits per heavy atom. The van der Waals surface area contributed by atoms with Crippen LogP contribution in [0.4, 0.5) is 11.5 Å². The second-order valence-electron chi connectivity index (χ2n) is 5.27. The smallest absolute Gasteiger partial charge is 0.311 e. The molecule has 1 atom stereocenters. The zero-order chi connectivity index (χ0) is 14.6. The number of hydrogen-bond acceptors (Lipinski definition) is 5. The first kappa shape index (κ1) is 14.7. The molecule has 0 saturated carbocycles. The van der Waals surface area contributed by atoms with Crippen molar-refractivity contribution < 1.29 is 9.66 Å². The minimum absolute atomic E-state index is 0.0750. The highest BCUT2D eigenvalue weighted by atomic mass is 16.6. The van der Waals surface area contributed by atoms with Gasteiger partial charge in [-0.3, -0.25) is 10.1 Å². The van der Waals surface area contributed by atoms with Gasteiger partial charge in [0.25, 0.3) is 0 Å². The van der Waals surface area contributed by atoms with Crippen LogP contribution in [0, 0.1) is 10.1 Å². The van der Waals surface area contributed by atoms with Gasteiger partial charge in [0.2, 0.25) is 5.82 Å². The van der Waals surface area contributed by atoms with Gasteiger partial charge in [0.05, 0.1) is 17.1 Å². The van der Waals surface area contributed by atoms with E-state index in [4.69, 9.17) is 4.74 Å². The third kappa shape index (κ3) is 2.60. The highest BCUT2D eigenvalue weighted by Crippen LogP contribution is 2.40. The van der Waals surface area contributed by atoms with Crippen LogP contribution in [0.3, 0.4) is 0 Å². The van der Waals surface area contributed by atoms with Gasteiger partial charge < -0.3 is 9.64 Å². The Kier molecular flexibility index (Phi) is 4.54. The Bertz CT molecular complexity index is 472. The summed E-state index contributed by atoms with van der Waals surface area (Å²) in [5, 5.41) is 11.2. The fourth-order valence-electron chi connectivity index (χ4n) is 3.22. The monoisotopic (exact) mass is 279 g/mol. The van der Waals surface area contributed by atoms with E-state index < -0.39 is 0 Å². The molecule has 1 aromatic heterocycles. The quantitative estimate of drug-likeness (QED) is 0.591. The van der Waals surface area contributed by atoms with Crippen LogP contribution in [-0.4, -0.2) is 35.7 Å². The van der Waals surface area contributed by atoms with Crippen LogP contribution >= 0.6 is 0 Å². The van der Waals surface area contributed by atoms with Crippen LogP contribution in [0.2, 0.25) is 0 Å². The molecule has 1 aliphatic heterocycles. The molecule has 2 heterocycles. The molecule has 1 fully saturated rings. The van der Waals surface area contributed by atoms with Crippen molar-refractivity contribution in [1.29, 1.82) is 0 Å². The van der Waals surface area contributed by atoms with Gasteiger partial charge in [-0.1, -0.05) is 13.3 Å². The van der Waals surface area contributed by atoms with Gasteiger partial charge in [-0.15, -0.1) is 0 Å². The maximum atomic E-state index is 11.2. The molecule has 2 rings (SSSR count). The molecule has 110 valence electrons. The van der Waals surface area contributed by atoms with Crippen molar-refractivity contribution in [1.82, 2.24) is 4.98 Å². The predicted molar refractivity (Wildman–Crippen MR) is 77.0 cm³/mol. The van der Waals surface area contributed by atoms with Crippen LogP contribution in [0.15, 0.2) is 18.3 Å². The fraction of sp³-hybridized carbons (Fsp3) is 0.643. The van der Waals surface area contributed by atoms with E-state index in [0.29, 0.717) is 12.4 Å². The van der Waals surface area contributed by atoms with E-state index in [1.54, 1.807) is 19.4 Å². The summed E-state index contributed by atoms with van der Waals surface area (Å²) >= 11 is 0. The van der Waals surface area contributed by atoms with Crippen molar-refractivity contribution in [2.45, 2.75) is 38.1 Å². The Balaban J connectivity index is 2.41. The van der Waals surface area contributed by atoms with Crippen molar-refractivity contribution in [2.75, 3.05) is 25.2 Å². The molecule has 6 nitrogen and oxygen atoms in total. The van der Waals surface area contributed by atoms with E-state index >= 15 is 0 Å². The van der Waals surface area contributed by atoms with Gasteiger partial charge in [0.1, 0.15) is 0 Å². The van der Waals surface area contributed by atoms with Crippen LogP contribution in [0.25, 0.3) is 0 Å². The van der Waals surface area contributed by atoms with E-state index in [9.17, 15) is 10.1 Å². The Morgan fingerprint density at radius 3 is 3.05 bits per heavy atom. The van der Waals surface area contributed by atoms with Crippen molar-refractivity contribution in [3.63, 3.8) is 0 Å². The number of rotatable bonds is 6. The summed E-state index contributed by atoms with van der Waals surface area (Å²) in [5.74, 6) is 0.473. The summed E-state index contributed by atoms with van der Waals surface area (Å²) in [5.41, 5.74) is -0.0891. The second-order valence-corrected chi connectivity index (χ2v) is 5.27. The number of nitrogens with zero attached hydrogens (tertiary/aromatic N) is 3. The van der Waals surface area contributed by atoms with Gasteiger partial charge in [0.15, 0.2) is 0 Å². The van der Waals surface area contributed by atoms with Crippen LogP contribution in [0.1, 0.15) is 32.6 Å². The van der Waals surface area contributed by atoms with Crippen LogP contribution in [0.5, 0.6) is 0 Å². The number of hydrogen-bond donors (Lipinski definition) is 0. The minimum atomic E-state index is -0.357. The molecule has 0 bridgehead atoms. The van der Waals surface area contributed by atoms with E-state index in [1.165, 1.54) is 6.07 Å². The molecule has 6 heteroatoms. The average molecular weight is 279 g/mol. The lowest BCUT2D eigenvalue weighted by atomic mass is 9.91. The van der Waals surface area contributed by atoms with E-state index in [1.807, 2.05) is 0 Å². The van der Waals surface area contributed by atoms with Crippen LogP contribution < -0.4 is 4.90 Å². The first-order chi connectivity index (χ1) is 9.64. The topological polar surface area (TPSA) is 68.5 Å². The Hall–Kier alpha value is -1.69. The molecule has 0 aliphatic carbocycles. The lowest BCUT2D eigenvalue weighted by molar-refractivity contribution is -0.384. The lowest BCUT2D eigenvalue weighted by Gasteiger charge is -2.38. The molecule has 1 saturated heterocycles. The first-order valence-corrected chi connectivity index (χ1v) is 7.00. The Labute approximate surface area is 118 Å². The molecular weight excluding hydrogens is 258 g/mol. The third-order valence-electron chi connectivity index (χ3n) is 3.94. The molecule has 0 aromatic carbocycles. The minimum Gasteiger partial charge on any atom is -0.382 e. The largest absolute Gasteiger partial charge is 0.382 e. The van der Waals surface area contributed by atoms with Crippen molar-refractivity contribution in [3.05, 3.63) is 28.4 Å². The molecule has 0 spiro atoms. The Morgan fingerprint density at radius 2 is 2.40 bits per heavy atom. The first-order valence-electron chi connectivity index (χ1n) is 7.00. The zero-order valence-electron chi connectivity index (χ0n) is 12.0. The maximum absolute atomic E-state index is 11.2.